The van der Waals surface area contributed by atoms with Gasteiger partial charge in [-0.2, -0.15) is 0 Å². The van der Waals surface area contributed by atoms with Gasteiger partial charge in [0.25, 0.3) is 0 Å². The molecule has 0 heterocycles. The zero-order valence-corrected chi connectivity index (χ0v) is 12.2. The zero-order valence-electron chi connectivity index (χ0n) is 12.2. The van der Waals surface area contributed by atoms with Crippen LogP contribution >= 0.6 is 0 Å². The standard InChI is InChI=1S/C16H21F2NO2/c1-2-21-14-5-3-12(4-6-14)11-15(20)19-13-7-9-16(17,18)10-8-13/h3-6,13H,2,7-11H2,1H3,(H,19,20). The number of carbonyl (C=O) groups excluding carboxylic acids is 1. The maximum absolute atomic E-state index is 13.0. The second kappa shape index (κ2) is 6.87. The van der Waals surface area contributed by atoms with Gasteiger partial charge >= 0.3 is 0 Å². The van der Waals surface area contributed by atoms with Crippen LogP contribution in [0.3, 0.4) is 0 Å². The van der Waals surface area contributed by atoms with Crippen molar-refractivity contribution in [1.82, 2.24) is 5.32 Å². The first-order valence-corrected chi connectivity index (χ1v) is 7.37. The molecule has 0 spiro atoms. The Morgan fingerprint density at radius 1 is 1.29 bits per heavy atom. The van der Waals surface area contributed by atoms with Crippen LogP contribution in [0.1, 0.15) is 38.2 Å². The lowest BCUT2D eigenvalue weighted by Crippen LogP contribution is -2.40. The molecule has 0 aliphatic heterocycles. The fourth-order valence-corrected chi connectivity index (χ4v) is 2.52. The minimum absolute atomic E-state index is 0.116. The van der Waals surface area contributed by atoms with Gasteiger partial charge in [0.2, 0.25) is 11.8 Å². The van der Waals surface area contributed by atoms with Gasteiger partial charge in [0.05, 0.1) is 13.0 Å². The normalized spacial score (nSPS) is 18.2. The molecule has 1 saturated carbocycles. The number of alkyl halides is 2. The van der Waals surface area contributed by atoms with Crippen molar-refractivity contribution in [1.29, 1.82) is 0 Å². The quantitative estimate of drug-likeness (QED) is 0.905. The number of rotatable bonds is 5. The van der Waals surface area contributed by atoms with E-state index in [1.165, 1.54) is 0 Å². The van der Waals surface area contributed by atoms with Crippen LogP contribution in [0.4, 0.5) is 8.78 Å². The Hall–Kier alpha value is -1.65. The molecular weight excluding hydrogens is 276 g/mol. The van der Waals surface area contributed by atoms with E-state index in [2.05, 4.69) is 5.32 Å². The Kier molecular flexibility index (Phi) is 5.15. The number of carbonyl (C=O) groups is 1. The van der Waals surface area contributed by atoms with Gasteiger partial charge in [-0.1, -0.05) is 12.1 Å². The number of amides is 1. The van der Waals surface area contributed by atoms with Crippen LogP contribution in [0.25, 0.3) is 0 Å². The number of halogens is 2. The second-order valence-corrected chi connectivity index (χ2v) is 5.45. The Balaban J connectivity index is 1.79. The second-order valence-electron chi connectivity index (χ2n) is 5.45. The summed E-state index contributed by atoms with van der Waals surface area (Å²) < 4.78 is 31.4. The topological polar surface area (TPSA) is 38.3 Å². The fourth-order valence-electron chi connectivity index (χ4n) is 2.52. The van der Waals surface area contributed by atoms with E-state index < -0.39 is 5.92 Å². The van der Waals surface area contributed by atoms with Crippen LogP contribution < -0.4 is 10.1 Å². The molecule has 1 aliphatic carbocycles. The summed E-state index contributed by atoms with van der Waals surface area (Å²) in [7, 11) is 0. The van der Waals surface area contributed by atoms with Gasteiger partial charge in [0.1, 0.15) is 5.75 Å². The molecule has 1 amide bonds. The molecule has 0 aromatic heterocycles. The van der Waals surface area contributed by atoms with Crippen LogP contribution in [0.5, 0.6) is 5.75 Å². The van der Waals surface area contributed by atoms with Gasteiger partial charge in [0.15, 0.2) is 0 Å². The Labute approximate surface area is 123 Å². The molecule has 1 N–H and O–H groups in total. The van der Waals surface area contributed by atoms with E-state index in [9.17, 15) is 13.6 Å². The molecule has 0 atom stereocenters. The first kappa shape index (κ1) is 15.7. The lowest BCUT2D eigenvalue weighted by Gasteiger charge is -2.28. The van der Waals surface area contributed by atoms with Gasteiger partial charge in [-0.25, -0.2) is 8.78 Å². The molecule has 0 saturated heterocycles. The summed E-state index contributed by atoms with van der Waals surface area (Å²) in [5.41, 5.74) is 0.886. The zero-order chi connectivity index (χ0) is 15.3. The van der Waals surface area contributed by atoms with E-state index in [-0.39, 0.29) is 31.2 Å². The molecule has 1 aromatic carbocycles. The van der Waals surface area contributed by atoms with Crippen molar-refractivity contribution >= 4 is 5.91 Å². The fraction of sp³-hybridized carbons (Fsp3) is 0.562. The van der Waals surface area contributed by atoms with E-state index in [0.717, 1.165) is 11.3 Å². The van der Waals surface area contributed by atoms with E-state index >= 15 is 0 Å². The Bertz CT molecular complexity index is 464. The van der Waals surface area contributed by atoms with Crippen molar-refractivity contribution < 1.29 is 18.3 Å². The first-order valence-electron chi connectivity index (χ1n) is 7.37. The summed E-state index contributed by atoms with van der Waals surface area (Å²) in [6, 6.07) is 7.22. The summed E-state index contributed by atoms with van der Waals surface area (Å²) >= 11 is 0. The average molecular weight is 297 g/mol. The van der Waals surface area contributed by atoms with Crippen molar-refractivity contribution in [2.45, 2.75) is 51.0 Å². The Morgan fingerprint density at radius 3 is 2.48 bits per heavy atom. The molecule has 1 aromatic rings. The highest BCUT2D eigenvalue weighted by atomic mass is 19.3. The predicted octanol–water partition coefficient (Wildman–Crippen LogP) is 3.32. The maximum atomic E-state index is 13.0. The van der Waals surface area contributed by atoms with Gasteiger partial charge in [-0.15, -0.1) is 0 Å². The lowest BCUT2D eigenvalue weighted by molar-refractivity contribution is -0.122. The number of hydrogen-bond donors (Lipinski definition) is 1. The summed E-state index contributed by atoms with van der Waals surface area (Å²) in [6.45, 7) is 2.52. The molecule has 1 aliphatic rings. The van der Waals surface area contributed by atoms with Crippen molar-refractivity contribution in [3.8, 4) is 5.75 Å². The van der Waals surface area contributed by atoms with Crippen molar-refractivity contribution in [2.24, 2.45) is 0 Å². The molecule has 1 fully saturated rings. The summed E-state index contributed by atoms with van der Waals surface area (Å²) in [5, 5.41) is 2.84. The largest absolute Gasteiger partial charge is 0.494 e. The van der Waals surface area contributed by atoms with Crippen LogP contribution in [0.15, 0.2) is 24.3 Å². The van der Waals surface area contributed by atoms with E-state index in [0.29, 0.717) is 19.4 Å². The van der Waals surface area contributed by atoms with Crippen molar-refractivity contribution in [2.75, 3.05) is 6.61 Å². The minimum Gasteiger partial charge on any atom is -0.494 e. The molecule has 0 bridgehead atoms. The third-order valence-corrected chi connectivity index (χ3v) is 3.68. The molecule has 2 rings (SSSR count). The number of ether oxygens (including phenoxy) is 1. The average Bonchev–Trinajstić information content (AvgIpc) is 2.44. The number of nitrogens with one attached hydrogen (secondary N) is 1. The highest BCUT2D eigenvalue weighted by molar-refractivity contribution is 5.78. The summed E-state index contributed by atoms with van der Waals surface area (Å²) in [5.74, 6) is -1.90. The molecular formula is C16H21F2NO2. The highest BCUT2D eigenvalue weighted by Crippen LogP contribution is 2.32. The van der Waals surface area contributed by atoms with Gasteiger partial charge in [-0.05, 0) is 37.5 Å². The third kappa shape index (κ3) is 4.99. The molecule has 0 unspecified atom stereocenters. The molecule has 21 heavy (non-hydrogen) atoms. The van der Waals surface area contributed by atoms with Crippen LogP contribution in [0.2, 0.25) is 0 Å². The number of hydrogen-bond acceptors (Lipinski definition) is 2. The van der Waals surface area contributed by atoms with E-state index in [1.807, 2.05) is 31.2 Å². The molecule has 5 heteroatoms. The van der Waals surface area contributed by atoms with Gasteiger partial charge < -0.3 is 10.1 Å². The van der Waals surface area contributed by atoms with E-state index in [1.54, 1.807) is 0 Å². The third-order valence-electron chi connectivity index (χ3n) is 3.68. The predicted molar refractivity (Wildman–Crippen MR) is 76.7 cm³/mol. The lowest BCUT2D eigenvalue weighted by atomic mass is 9.92. The molecule has 116 valence electrons. The van der Waals surface area contributed by atoms with Crippen molar-refractivity contribution in [3.05, 3.63) is 29.8 Å². The highest BCUT2D eigenvalue weighted by Gasteiger charge is 2.35. The monoisotopic (exact) mass is 297 g/mol. The van der Waals surface area contributed by atoms with Gasteiger partial charge in [-0.3, -0.25) is 4.79 Å². The summed E-state index contributed by atoms with van der Waals surface area (Å²) in [4.78, 5) is 11.9. The van der Waals surface area contributed by atoms with E-state index in [4.69, 9.17) is 4.74 Å². The first-order chi connectivity index (χ1) is 9.98. The molecule has 0 radical (unpaired) electrons. The number of benzene rings is 1. The smallest absolute Gasteiger partial charge is 0.248 e. The van der Waals surface area contributed by atoms with Crippen LogP contribution in [0, 0.1) is 0 Å². The maximum Gasteiger partial charge on any atom is 0.248 e. The van der Waals surface area contributed by atoms with Gasteiger partial charge in [0, 0.05) is 18.9 Å². The molecule has 3 nitrogen and oxygen atoms in total. The summed E-state index contributed by atoms with van der Waals surface area (Å²) in [6.07, 6.45) is 0.686. The minimum atomic E-state index is -2.56. The SMILES string of the molecule is CCOc1ccc(CC(=O)NC2CCC(F)(F)CC2)cc1. The van der Waals surface area contributed by atoms with Crippen LogP contribution in [-0.2, 0) is 11.2 Å². The van der Waals surface area contributed by atoms with Crippen molar-refractivity contribution in [3.63, 3.8) is 0 Å². The Morgan fingerprint density at radius 2 is 1.90 bits per heavy atom. The van der Waals surface area contributed by atoms with Crippen LogP contribution in [-0.4, -0.2) is 24.5 Å².